The monoisotopic (exact) mass is 210 g/mol. The second-order valence-electron chi connectivity index (χ2n) is 3.87. The van der Waals surface area contributed by atoms with Gasteiger partial charge in [-0.2, -0.15) is 0 Å². The van der Waals surface area contributed by atoms with Crippen LogP contribution >= 0.6 is 0 Å². The lowest BCUT2D eigenvalue weighted by Gasteiger charge is -2.04. The van der Waals surface area contributed by atoms with E-state index in [9.17, 15) is 4.79 Å². The molecule has 0 saturated heterocycles. The van der Waals surface area contributed by atoms with E-state index in [1.165, 1.54) is 0 Å². The van der Waals surface area contributed by atoms with Crippen LogP contribution in [0.2, 0.25) is 0 Å². The number of hydrogen-bond donors (Lipinski definition) is 1. The molecule has 1 N–H and O–H groups in total. The third kappa shape index (κ3) is 10.9. The fourth-order valence-corrected chi connectivity index (χ4v) is 1.34. The van der Waals surface area contributed by atoms with E-state index >= 15 is 0 Å². The third-order valence-corrected chi connectivity index (χ3v) is 2.19. The summed E-state index contributed by atoms with van der Waals surface area (Å²) < 4.78 is 0. The molecule has 0 radical (unpaired) electrons. The maximum atomic E-state index is 10.4. The topological polar surface area (TPSA) is 37.3 Å². The summed E-state index contributed by atoms with van der Waals surface area (Å²) in [4.78, 5) is 10.4. The van der Waals surface area contributed by atoms with E-state index in [-0.39, 0.29) is 12.3 Å². The van der Waals surface area contributed by atoms with Gasteiger partial charge in [0.1, 0.15) is 0 Å². The minimum atomic E-state index is -0.697. The number of carbonyl (C=O) groups is 1. The zero-order valence-electron chi connectivity index (χ0n) is 9.78. The van der Waals surface area contributed by atoms with E-state index < -0.39 is 5.97 Å². The summed E-state index contributed by atoms with van der Waals surface area (Å²) >= 11 is 0. The molecule has 0 aliphatic carbocycles. The van der Waals surface area contributed by atoms with Gasteiger partial charge in [0.2, 0.25) is 0 Å². The predicted octanol–water partition coefficient (Wildman–Crippen LogP) is 3.79. The highest BCUT2D eigenvalue weighted by Gasteiger charge is 2.05. The van der Waals surface area contributed by atoms with Crippen LogP contribution in [0.4, 0.5) is 0 Å². The maximum absolute atomic E-state index is 10.4. The van der Waals surface area contributed by atoms with Gasteiger partial charge in [0.25, 0.3) is 0 Å². The molecular weight excluding hydrogens is 188 g/mol. The molecule has 0 aliphatic heterocycles. The van der Waals surface area contributed by atoms with Crippen LogP contribution in [0, 0.1) is 5.92 Å². The lowest BCUT2D eigenvalue weighted by molar-refractivity contribution is -0.138. The number of carboxylic acid groups (broad SMARTS) is 1. The van der Waals surface area contributed by atoms with Gasteiger partial charge in [-0.1, -0.05) is 38.2 Å². The fraction of sp³-hybridized carbons (Fsp3) is 0.615. The second-order valence-corrected chi connectivity index (χ2v) is 3.87. The zero-order chi connectivity index (χ0) is 11.5. The first-order valence-corrected chi connectivity index (χ1v) is 5.68. The van der Waals surface area contributed by atoms with Crippen molar-refractivity contribution in [3.63, 3.8) is 0 Å². The average molecular weight is 210 g/mol. The van der Waals surface area contributed by atoms with E-state index in [0.717, 1.165) is 25.7 Å². The minimum absolute atomic E-state index is 0.276. The van der Waals surface area contributed by atoms with Crippen LogP contribution in [0.1, 0.15) is 46.0 Å². The summed E-state index contributed by atoms with van der Waals surface area (Å²) in [5.74, 6) is -0.421. The van der Waals surface area contributed by atoms with Gasteiger partial charge in [-0.25, -0.2) is 0 Å². The minimum Gasteiger partial charge on any atom is -0.481 e. The molecule has 15 heavy (non-hydrogen) atoms. The molecule has 2 heteroatoms. The second kappa shape index (κ2) is 9.50. The van der Waals surface area contributed by atoms with Gasteiger partial charge in [0, 0.05) is 6.42 Å². The third-order valence-electron chi connectivity index (χ3n) is 2.19. The molecule has 0 aliphatic rings. The molecular formula is C13H22O2. The van der Waals surface area contributed by atoms with Crippen molar-refractivity contribution in [1.82, 2.24) is 0 Å². The molecule has 2 nitrogen and oxygen atoms in total. The summed E-state index contributed by atoms with van der Waals surface area (Å²) in [6, 6.07) is 0. The first-order valence-electron chi connectivity index (χ1n) is 5.68. The number of allylic oxidation sites excluding steroid dienone is 4. The molecule has 0 aromatic rings. The van der Waals surface area contributed by atoms with Gasteiger partial charge in [-0.3, -0.25) is 4.79 Å². The summed E-state index contributed by atoms with van der Waals surface area (Å²) in [7, 11) is 0. The van der Waals surface area contributed by atoms with Gasteiger partial charge in [0.15, 0.2) is 0 Å². The van der Waals surface area contributed by atoms with Crippen molar-refractivity contribution < 1.29 is 9.90 Å². The quantitative estimate of drug-likeness (QED) is 0.619. The van der Waals surface area contributed by atoms with Crippen molar-refractivity contribution in [3.8, 4) is 0 Å². The van der Waals surface area contributed by atoms with E-state index in [1.807, 2.05) is 6.92 Å². The highest BCUT2D eigenvalue weighted by molar-refractivity contribution is 5.66. The number of aliphatic carboxylic acids is 1. The number of hydrogen-bond acceptors (Lipinski definition) is 1. The summed E-state index contributed by atoms with van der Waals surface area (Å²) in [6.07, 6.45) is 12.9. The Morgan fingerprint density at radius 3 is 2.53 bits per heavy atom. The fourth-order valence-electron chi connectivity index (χ4n) is 1.34. The lowest BCUT2D eigenvalue weighted by Crippen LogP contribution is -2.03. The van der Waals surface area contributed by atoms with Crippen LogP contribution in [0.5, 0.6) is 0 Å². The first-order chi connectivity index (χ1) is 7.16. The molecule has 0 aromatic carbocycles. The standard InChI is InChI=1S/C13H22O2/c1-3-4-5-6-7-8-9-10-12(2)11-13(14)15/h4-5,7-8,12H,3,6,9-11H2,1-2H3,(H,14,15)/b5-4-,8-7-. The molecule has 0 bridgehead atoms. The van der Waals surface area contributed by atoms with Crippen LogP contribution in [0.25, 0.3) is 0 Å². The van der Waals surface area contributed by atoms with E-state index in [0.29, 0.717) is 0 Å². The van der Waals surface area contributed by atoms with Crippen molar-refractivity contribution in [2.45, 2.75) is 46.0 Å². The summed E-state index contributed by atoms with van der Waals surface area (Å²) in [6.45, 7) is 4.10. The zero-order valence-corrected chi connectivity index (χ0v) is 9.78. The molecule has 0 amide bonds. The average Bonchev–Trinajstić information content (AvgIpc) is 2.15. The maximum Gasteiger partial charge on any atom is 0.303 e. The van der Waals surface area contributed by atoms with Gasteiger partial charge in [-0.15, -0.1) is 0 Å². The number of rotatable bonds is 8. The molecule has 0 rings (SSSR count). The Kier molecular flexibility index (Phi) is 8.84. The Labute approximate surface area is 92.7 Å². The predicted molar refractivity (Wildman–Crippen MR) is 63.8 cm³/mol. The van der Waals surface area contributed by atoms with Crippen LogP contribution in [-0.2, 0) is 4.79 Å². The van der Waals surface area contributed by atoms with Crippen LogP contribution in [-0.4, -0.2) is 11.1 Å². The Morgan fingerprint density at radius 2 is 1.93 bits per heavy atom. The molecule has 0 spiro atoms. The van der Waals surface area contributed by atoms with Gasteiger partial charge < -0.3 is 5.11 Å². The van der Waals surface area contributed by atoms with E-state index in [4.69, 9.17) is 5.11 Å². The molecule has 0 saturated carbocycles. The van der Waals surface area contributed by atoms with Gasteiger partial charge >= 0.3 is 5.97 Å². The SMILES string of the molecule is CC/C=C\C/C=C\CCC(C)CC(=O)O. The Morgan fingerprint density at radius 1 is 1.27 bits per heavy atom. The molecule has 0 aromatic heterocycles. The largest absolute Gasteiger partial charge is 0.481 e. The normalized spacial score (nSPS) is 13.7. The summed E-state index contributed by atoms with van der Waals surface area (Å²) in [5, 5.41) is 8.56. The van der Waals surface area contributed by atoms with Crippen LogP contribution in [0.3, 0.4) is 0 Å². The van der Waals surface area contributed by atoms with Crippen molar-refractivity contribution in [3.05, 3.63) is 24.3 Å². The molecule has 0 fully saturated rings. The van der Waals surface area contributed by atoms with Crippen LogP contribution in [0.15, 0.2) is 24.3 Å². The Balaban J connectivity index is 3.43. The van der Waals surface area contributed by atoms with Gasteiger partial charge in [-0.05, 0) is 31.6 Å². The summed E-state index contributed by atoms with van der Waals surface area (Å²) in [5.41, 5.74) is 0. The van der Waals surface area contributed by atoms with Crippen molar-refractivity contribution in [1.29, 1.82) is 0 Å². The molecule has 1 unspecified atom stereocenters. The van der Waals surface area contributed by atoms with Crippen molar-refractivity contribution in [2.75, 3.05) is 0 Å². The number of carboxylic acids is 1. The lowest BCUT2D eigenvalue weighted by atomic mass is 10.0. The first kappa shape index (κ1) is 13.9. The Bertz CT molecular complexity index is 217. The highest BCUT2D eigenvalue weighted by atomic mass is 16.4. The smallest absolute Gasteiger partial charge is 0.303 e. The van der Waals surface area contributed by atoms with Gasteiger partial charge in [0.05, 0.1) is 0 Å². The van der Waals surface area contributed by atoms with Crippen molar-refractivity contribution in [2.24, 2.45) is 5.92 Å². The van der Waals surface area contributed by atoms with Crippen LogP contribution < -0.4 is 0 Å². The molecule has 0 heterocycles. The molecule has 86 valence electrons. The van der Waals surface area contributed by atoms with E-state index in [1.54, 1.807) is 0 Å². The highest BCUT2D eigenvalue weighted by Crippen LogP contribution is 2.10. The van der Waals surface area contributed by atoms with E-state index in [2.05, 4.69) is 31.2 Å². The van der Waals surface area contributed by atoms with Crippen molar-refractivity contribution >= 4 is 5.97 Å². The molecule has 1 atom stereocenters. The Hall–Kier alpha value is -1.05.